The number of nitrogens with one attached hydrogen (secondary N) is 2. The minimum Gasteiger partial charge on any atom is -0.327 e. The SMILES string of the molecule is N[C@@H]1CC[C@@H]1CNCc1ccc2c(c1)C(=O)N(C1CCC(=O)NC1=O)C2. The molecule has 0 bridgehead atoms. The lowest BCUT2D eigenvalue weighted by Gasteiger charge is -2.33. The summed E-state index contributed by atoms with van der Waals surface area (Å²) >= 11 is 0. The van der Waals surface area contributed by atoms with Crippen LogP contribution in [0.1, 0.15) is 47.2 Å². The number of hydrogen-bond acceptors (Lipinski definition) is 5. The Morgan fingerprint density at radius 1 is 1.19 bits per heavy atom. The van der Waals surface area contributed by atoms with Gasteiger partial charge in [0.15, 0.2) is 0 Å². The van der Waals surface area contributed by atoms with Gasteiger partial charge >= 0.3 is 0 Å². The van der Waals surface area contributed by atoms with Gasteiger partial charge in [-0.2, -0.15) is 0 Å². The van der Waals surface area contributed by atoms with Crippen molar-refractivity contribution in [1.29, 1.82) is 0 Å². The van der Waals surface area contributed by atoms with Crippen LogP contribution >= 0.6 is 0 Å². The van der Waals surface area contributed by atoms with E-state index in [1.54, 1.807) is 4.90 Å². The molecule has 3 atom stereocenters. The number of rotatable bonds is 5. The first kappa shape index (κ1) is 17.2. The van der Waals surface area contributed by atoms with Crippen molar-refractivity contribution in [3.63, 3.8) is 0 Å². The Labute approximate surface area is 152 Å². The predicted molar refractivity (Wildman–Crippen MR) is 94.9 cm³/mol. The molecule has 1 unspecified atom stereocenters. The summed E-state index contributed by atoms with van der Waals surface area (Å²) in [6, 6.07) is 5.65. The number of carbonyl (C=O) groups excluding carboxylic acids is 3. The van der Waals surface area contributed by atoms with Crippen LogP contribution in [0.2, 0.25) is 0 Å². The summed E-state index contributed by atoms with van der Waals surface area (Å²) in [5.74, 6) is -0.220. The fourth-order valence-electron chi connectivity index (χ4n) is 3.96. The number of amides is 3. The number of hydrogen-bond donors (Lipinski definition) is 3. The molecule has 3 amide bonds. The molecule has 4 N–H and O–H groups in total. The Morgan fingerprint density at radius 2 is 2.04 bits per heavy atom. The van der Waals surface area contributed by atoms with E-state index in [9.17, 15) is 14.4 Å². The maximum Gasteiger partial charge on any atom is 0.255 e. The van der Waals surface area contributed by atoms with E-state index in [1.807, 2.05) is 18.2 Å². The van der Waals surface area contributed by atoms with Gasteiger partial charge < -0.3 is 16.0 Å². The molecule has 1 saturated carbocycles. The average molecular weight is 356 g/mol. The Morgan fingerprint density at radius 3 is 2.73 bits per heavy atom. The molecule has 1 aliphatic carbocycles. The monoisotopic (exact) mass is 356 g/mol. The Hall–Kier alpha value is -2.25. The molecule has 2 heterocycles. The zero-order valence-corrected chi connectivity index (χ0v) is 14.7. The van der Waals surface area contributed by atoms with Crippen LogP contribution in [0, 0.1) is 5.92 Å². The molecule has 0 aromatic heterocycles. The third-order valence-corrected chi connectivity index (χ3v) is 5.80. The normalized spacial score (nSPS) is 28.0. The summed E-state index contributed by atoms with van der Waals surface area (Å²) in [5, 5.41) is 5.75. The predicted octanol–water partition coefficient (Wildman–Crippen LogP) is 0.275. The van der Waals surface area contributed by atoms with Gasteiger partial charge in [-0.15, -0.1) is 0 Å². The largest absolute Gasteiger partial charge is 0.327 e. The second-order valence-electron chi connectivity index (χ2n) is 7.52. The first-order valence-electron chi connectivity index (χ1n) is 9.25. The Kier molecular flexibility index (Phi) is 4.50. The Bertz CT molecular complexity index is 763. The molecule has 1 aromatic rings. The van der Waals surface area contributed by atoms with Gasteiger partial charge in [-0.1, -0.05) is 12.1 Å². The third-order valence-electron chi connectivity index (χ3n) is 5.80. The first-order valence-corrected chi connectivity index (χ1v) is 9.25. The first-order chi connectivity index (χ1) is 12.5. The third kappa shape index (κ3) is 3.12. The van der Waals surface area contributed by atoms with Crippen molar-refractivity contribution in [2.75, 3.05) is 6.54 Å². The number of nitrogens with zero attached hydrogens (tertiary/aromatic N) is 1. The molecule has 4 rings (SSSR count). The van der Waals surface area contributed by atoms with Gasteiger partial charge in [0.1, 0.15) is 6.04 Å². The molecule has 2 fully saturated rings. The van der Waals surface area contributed by atoms with Crippen LogP contribution in [0.25, 0.3) is 0 Å². The van der Waals surface area contributed by atoms with Gasteiger partial charge in [0.2, 0.25) is 11.8 Å². The van der Waals surface area contributed by atoms with Crippen molar-refractivity contribution < 1.29 is 14.4 Å². The van der Waals surface area contributed by atoms with Crippen LogP contribution in [-0.4, -0.2) is 41.2 Å². The highest BCUT2D eigenvalue weighted by molar-refractivity contribution is 6.05. The van der Waals surface area contributed by atoms with Crippen molar-refractivity contribution in [2.24, 2.45) is 11.7 Å². The summed E-state index contributed by atoms with van der Waals surface area (Å²) < 4.78 is 0. The molecular weight excluding hydrogens is 332 g/mol. The quantitative estimate of drug-likeness (QED) is 0.657. The highest BCUT2D eigenvalue weighted by atomic mass is 16.2. The van der Waals surface area contributed by atoms with Gasteiger partial charge in [0.25, 0.3) is 5.91 Å². The highest BCUT2D eigenvalue weighted by Gasteiger charge is 2.39. The van der Waals surface area contributed by atoms with Crippen LogP contribution < -0.4 is 16.4 Å². The molecule has 1 aromatic carbocycles. The molecule has 7 heteroatoms. The van der Waals surface area contributed by atoms with Crippen LogP contribution in [0.15, 0.2) is 18.2 Å². The van der Waals surface area contributed by atoms with Gasteiger partial charge in [-0.25, -0.2) is 0 Å². The van der Waals surface area contributed by atoms with E-state index in [0.29, 0.717) is 37.0 Å². The Balaban J connectivity index is 1.40. The van der Waals surface area contributed by atoms with Crippen molar-refractivity contribution in [3.05, 3.63) is 34.9 Å². The van der Waals surface area contributed by atoms with Crippen LogP contribution in [-0.2, 0) is 22.7 Å². The second kappa shape index (κ2) is 6.81. The van der Waals surface area contributed by atoms with Crippen molar-refractivity contribution in [2.45, 2.75) is 50.9 Å². The molecule has 0 spiro atoms. The molecule has 7 nitrogen and oxygen atoms in total. The van der Waals surface area contributed by atoms with Crippen molar-refractivity contribution in [1.82, 2.24) is 15.5 Å². The van der Waals surface area contributed by atoms with Gasteiger partial charge in [0, 0.05) is 31.1 Å². The summed E-state index contributed by atoms with van der Waals surface area (Å²) in [6.45, 7) is 2.02. The van der Waals surface area contributed by atoms with E-state index in [2.05, 4.69) is 10.6 Å². The molecule has 26 heavy (non-hydrogen) atoms. The maximum absolute atomic E-state index is 12.8. The lowest BCUT2D eigenvalue weighted by atomic mass is 9.80. The molecule has 1 saturated heterocycles. The van der Waals surface area contributed by atoms with E-state index >= 15 is 0 Å². The van der Waals surface area contributed by atoms with Gasteiger partial charge in [-0.3, -0.25) is 19.7 Å². The summed E-state index contributed by atoms with van der Waals surface area (Å²) in [5.41, 5.74) is 8.60. The number of fused-ring (bicyclic) bond motifs is 1. The molecular formula is C19H24N4O3. The lowest BCUT2D eigenvalue weighted by molar-refractivity contribution is -0.136. The minimum atomic E-state index is -0.561. The topological polar surface area (TPSA) is 105 Å². The van der Waals surface area contributed by atoms with E-state index < -0.39 is 6.04 Å². The highest BCUT2D eigenvalue weighted by Crippen LogP contribution is 2.28. The fourth-order valence-corrected chi connectivity index (χ4v) is 3.96. The zero-order chi connectivity index (χ0) is 18.3. The maximum atomic E-state index is 12.8. The van der Waals surface area contributed by atoms with Gasteiger partial charge in [-0.05, 0) is 48.9 Å². The summed E-state index contributed by atoms with van der Waals surface area (Å²) in [7, 11) is 0. The molecule has 138 valence electrons. The zero-order valence-electron chi connectivity index (χ0n) is 14.7. The summed E-state index contributed by atoms with van der Waals surface area (Å²) in [4.78, 5) is 37.8. The van der Waals surface area contributed by atoms with E-state index in [4.69, 9.17) is 5.73 Å². The van der Waals surface area contributed by atoms with E-state index in [-0.39, 0.29) is 24.1 Å². The van der Waals surface area contributed by atoms with Crippen LogP contribution in [0.3, 0.4) is 0 Å². The van der Waals surface area contributed by atoms with Crippen LogP contribution in [0.4, 0.5) is 0 Å². The van der Waals surface area contributed by atoms with Gasteiger partial charge in [0.05, 0.1) is 0 Å². The summed E-state index contributed by atoms with van der Waals surface area (Å²) in [6.07, 6.45) is 2.95. The standard InChI is InChI=1S/C19H24N4O3/c20-15-4-3-12(15)9-21-8-11-1-2-13-10-23(19(26)14(13)7-11)16-5-6-17(24)22-18(16)25/h1-2,7,12,15-16,21H,3-6,8-10,20H2,(H,22,24,25)/t12-,15-,16?/m1/s1. The number of carbonyl (C=O) groups is 3. The average Bonchev–Trinajstić information content (AvgIpc) is 2.94. The number of benzene rings is 1. The molecule has 2 aliphatic heterocycles. The number of imide groups is 1. The number of nitrogens with two attached hydrogens (primary N) is 1. The fraction of sp³-hybridized carbons (Fsp3) is 0.526. The minimum absolute atomic E-state index is 0.127. The van der Waals surface area contributed by atoms with E-state index in [1.165, 1.54) is 6.42 Å². The van der Waals surface area contributed by atoms with Crippen LogP contribution in [0.5, 0.6) is 0 Å². The van der Waals surface area contributed by atoms with Crippen molar-refractivity contribution in [3.8, 4) is 0 Å². The lowest BCUT2D eigenvalue weighted by Crippen LogP contribution is -2.52. The van der Waals surface area contributed by atoms with E-state index in [0.717, 1.165) is 24.1 Å². The second-order valence-corrected chi connectivity index (χ2v) is 7.52. The smallest absolute Gasteiger partial charge is 0.255 e. The molecule has 0 radical (unpaired) electrons. The number of piperidine rings is 1. The van der Waals surface area contributed by atoms with Crippen molar-refractivity contribution >= 4 is 17.7 Å². The molecule has 3 aliphatic rings.